The van der Waals surface area contributed by atoms with Crippen LogP contribution >= 0.6 is 24.0 Å². The van der Waals surface area contributed by atoms with Crippen molar-refractivity contribution in [3.05, 3.63) is 34.9 Å². The van der Waals surface area contributed by atoms with E-state index in [1.54, 1.807) is 14.2 Å². The van der Waals surface area contributed by atoms with Crippen LogP contribution < -0.4 is 14.8 Å². The van der Waals surface area contributed by atoms with Crippen molar-refractivity contribution in [2.24, 2.45) is 12.0 Å². The molecule has 1 aliphatic carbocycles. The zero-order valence-corrected chi connectivity index (χ0v) is 21.2. The Kier molecular flexibility index (Phi) is 8.01. The zero-order chi connectivity index (χ0) is 21.1. The number of aryl methyl sites for hydroxylation is 1. The van der Waals surface area contributed by atoms with E-state index in [0.29, 0.717) is 12.6 Å². The first-order chi connectivity index (χ1) is 14.6. The van der Waals surface area contributed by atoms with Crippen LogP contribution in [0, 0.1) is 6.92 Å². The van der Waals surface area contributed by atoms with Gasteiger partial charge in [-0.05, 0) is 49.4 Å². The predicted octanol–water partition coefficient (Wildman–Crippen LogP) is 3.21. The molecule has 0 atom stereocenters. The van der Waals surface area contributed by atoms with Crippen molar-refractivity contribution in [1.29, 1.82) is 0 Å². The van der Waals surface area contributed by atoms with Gasteiger partial charge in [0.25, 0.3) is 0 Å². The van der Waals surface area contributed by atoms with E-state index in [1.807, 2.05) is 18.5 Å². The summed E-state index contributed by atoms with van der Waals surface area (Å²) in [5.41, 5.74) is 2.57. The van der Waals surface area contributed by atoms with E-state index in [4.69, 9.17) is 14.5 Å². The number of rotatable bonds is 5. The van der Waals surface area contributed by atoms with E-state index >= 15 is 0 Å². The van der Waals surface area contributed by atoms with Gasteiger partial charge < -0.3 is 24.3 Å². The number of aliphatic imine (C=N–C) groups is 1. The SMILES string of the molecule is COc1cc2c(cc1OC)CN(C(=NCc1nnc(C)n1C)NC1CCCC1)CC2.I. The third-order valence-corrected chi connectivity index (χ3v) is 6.26. The van der Waals surface area contributed by atoms with Crippen molar-refractivity contribution < 1.29 is 9.47 Å². The Bertz CT molecular complexity index is 923. The minimum atomic E-state index is 0. The Hall–Kier alpha value is -2.04. The Morgan fingerprint density at radius 3 is 2.42 bits per heavy atom. The molecule has 0 bridgehead atoms. The van der Waals surface area contributed by atoms with E-state index in [0.717, 1.165) is 48.6 Å². The minimum absolute atomic E-state index is 0. The van der Waals surface area contributed by atoms with Gasteiger partial charge in [0.05, 0.1) is 14.2 Å². The molecular formula is C22H33IN6O2. The Morgan fingerprint density at radius 2 is 1.81 bits per heavy atom. The number of nitrogens with one attached hydrogen (secondary N) is 1. The first-order valence-corrected chi connectivity index (χ1v) is 10.7. The fourth-order valence-corrected chi connectivity index (χ4v) is 4.29. The van der Waals surface area contributed by atoms with Crippen LogP contribution in [-0.2, 0) is 26.6 Å². The van der Waals surface area contributed by atoms with Crippen molar-refractivity contribution in [1.82, 2.24) is 25.0 Å². The summed E-state index contributed by atoms with van der Waals surface area (Å²) in [6, 6.07) is 4.70. The standard InChI is InChI=1S/C22H32N6O2.HI/c1-15-25-26-21(27(15)2)13-23-22(24-18-7-5-6-8-18)28-10-9-16-11-19(29-3)20(30-4)12-17(16)14-28;/h11-12,18H,5-10,13-14H2,1-4H3,(H,23,24);1H. The lowest BCUT2D eigenvalue weighted by molar-refractivity contribution is 0.344. The van der Waals surface area contributed by atoms with Crippen LogP contribution in [0.2, 0.25) is 0 Å². The lowest BCUT2D eigenvalue weighted by Gasteiger charge is -2.33. The van der Waals surface area contributed by atoms with Crippen molar-refractivity contribution in [2.45, 2.75) is 58.2 Å². The lowest BCUT2D eigenvalue weighted by atomic mass is 9.99. The van der Waals surface area contributed by atoms with Gasteiger partial charge in [0, 0.05) is 26.2 Å². The Labute approximate surface area is 201 Å². The van der Waals surface area contributed by atoms with E-state index in [9.17, 15) is 0 Å². The van der Waals surface area contributed by atoms with Gasteiger partial charge in [-0.3, -0.25) is 0 Å². The summed E-state index contributed by atoms with van der Waals surface area (Å²) in [5.74, 6) is 4.30. The molecule has 0 amide bonds. The largest absolute Gasteiger partial charge is 0.493 e. The van der Waals surface area contributed by atoms with Crippen LogP contribution in [0.15, 0.2) is 17.1 Å². The molecule has 2 heterocycles. The first-order valence-electron chi connectivity index (χ1n) is 10.7. The molecule has 0 spiro atoms. The molecule has 31 heavy (non-hydrogen) atoms. The fraction of sp³-hybridized carbons (Fsp3) is 0.591. The fourth-order valence-electron chi connectivity index (χ4n) is 4.29. The van der Waals surface area contributed by atoms with Crippen molar-refractivity contribution in [3.8, 4) is 11.5 Å². The predicted molar refractivity (Wildman–Crippen MR) is 131 cm³/mol. The highest BCUT2D eigenvalue weighted by atomic mass is 127. The number of hydrogen-bond donors (Lipinski definition) is 1. The van der Waals surface area contributed by atoms with Crippen LogP contribution in [0.1, 0.15) is 48.5 Å². The summed E-state index contributed by atoms with van der Waals surface area (Å²) in [5, 5.41) is 12.2. The van der Waals surface area contributed by atoms with Crippen LogP contribution in [0.4, 0.5) is 0 Å². The number of guanidine groups is 1. The number of halogens is 1. The van der Waals surface area contributed by atoms with Crippen LogP contribution in [-0.4, -0.2) is 52.4 Å². The molecule has 0 saturated heterocycles. The molecule has 0 unspecified atom stereocenters. The minimum Gasteiger partial charge on any atom is -0.493 e. The highest BCUT2D eigenvalue weighted by molar-refractivity contribution is 14.0. The first kappa shape index (κ1) is 23.6. The van der Waals surface area contributed by atoms with Gasteiger partial charge >= 0.3 is 0 Å². The Morgan fingerprint density at radius 1 is 1.13 bits per heavy atom. The quantitative estimate of drug-likeness (QED) is 0.357. The van der Waals surface area contributed by atoms with Crippen molar-refractivity contribution in [3.63, 3.8) is 0 Å². The second-order valence-corrected chi connectivity index (χ2v) is 8.14. The second-order valence-electron chi connectivity index (χ2n) is 8.14. The number of hydrogen-bond acceptors (Lipinski definition) is 5. The maximum Gasteiger partial charge on any atom is 0.194 e. The molecule has 0 radical (unpaired) electrons. The number of benzene rings is 1. The molecular weight excluding hydrogens is 507 g/mol. The maximum absolute atomic E-state index is 5.52. The molecule has 170 valence electrons. The third kappa shape index (κ3) is 5.24. The molecule has 1 N–H and O–H groups in total. The molecule has 2 aromatic rings. The number of nitrogens with zero attached hydrogens (tertiary/aromatic N) is 5. The van der Waals surface area contributed by atoms with Gasteiger partial charge in [-0.1, -0.05) is 12.8 Å². The van der Waals surface area contributed by atoms with Gasteiger partial charge in [-0.25, -0.2) is 4.99 Å². The normalized spacial score (nSPS) is 16.6. The molecule has 4 rings (SSSR count). The average Bonchev–Trinajstić information content (AvgIpc) is 3.40. The van der Waals surface area contributed by atoms with Gasteiger partial charge in [0.1, 0.15) is 12.4 Å². The average molecular weight is 540 g/mol. The molecule has 2 aliphatic rings. The number of aromatic nitrogens is 3. The van der Waals surface area contributed by atoms with Crippen LogP contribution in [0.25, 0.3) is 0 Å². The number of fused-ring (bicyclic) bond motifs is 1. The van der Waals surface area contributed by atoms with Gasteiger partial charge in [0.2, 0.25) is 0 Å². The Balaban J connectivity index is 0.00000272. The van der Waals surface area contributed by atoms with Gasteiger partial charge in [-0.15, -0.1) is 34.2 Å². The molecule has 9 heteroatoms. The second kappa shape index (κ2) is 10.5. The summed E-state index contributed by atoms with van der Waals surface area (Å²) < 4.78 is 13.0. The lowest BCUT2D eigenvalue weighted by Crippen LogP contribution is -2.47. The molecule has 1 fully saturated rings. The number of ether oxygens (including phenoxy) is 2. The summed E-state index contributed by atoms with van der Waals surface area (Å²) >= 11 is 0. The molecule has 1 saturated carbocycles. The topological polar surface area (TPSA) is 76.8 Å². The summed E-state index contributed by atoms with van der Waals surface area (Å²) in [6.45, 7) is 4.19. The van der Waals surface area contributed by atoms with E-state index in [2.05, 4.69) is 32.5 Å². The summed E-state index contributed by atoms with van der Waals surface area (Å²) in [4.78, 5) is 7.30. The van der Waals surface area contributed by atoms with Crippen LogP contribution in [0.3, 0.4) is 0 Å². The molecule has 1 aromatic heterocycles. The van der Waals surface area contributed by atoms with Crippen LogP contribution in [0.5, 0.6) is 11.5 Å². The van der Waals surface area contributed by atoms with Gasteiger partial charge in [-0.2, -0.15) is 0 Å². The molecule has 1 aliphatic heterocycles. The molecule has 1 aromatic carbocycles. The smallest absolute Gasteiger partial charge is 0.194 e. The monoisotopic (exact) mass is 540 g/mol. The summed E-state index contributed by atoms with van der Waals surface area (Å²) in [6.07, 6.45) is 5.93. The zero-order valence-electron chi connectivity index (χ0n) is 18.8. The van der Waals surface area contributed by atoms with E-state index in [-0.39, 0.29) is 24.0 Å². The number of methoxy groups -OCH3 is 2. The highest BCUT2D eigenvalue weighted by Crippen LogP contribution is 2.33. The molecule has 8 nitrogen and oxygen atoms in total. The van der Waals surface area contributed by atoms with Gasteiger partial charge in [0.15, 0.2) is 23.3 Å². The van der Waals surface area contributed by atoms with E-state index < -0.39 is 0 Å². The highest BCUT2D eigenvalue weighted by Gasteiger charge is 2.24. The summed E-state index contributed by atoms with van der Waals surface area (Å²) in [7, 11) is 5.35. The van der Waals surface area contributed by atoms with E-state index in [1.165, 1.54) is 36.8 Å². The third-order valence-electron chi connectivity index (χ3n) is 6.26. The van der Waals surface area contributed by atoms with Crippen molar-refractivity contribution >= 4 is 29.9 Å². The maximum atomic E-state index is 5.52. The van der Waals surface area contributed by atoms with Crippen molar-refractivity contribution in [2.75, 3.05) is 20.8 Å².